The Balaban J connectivity index is 2.44. The molecular formula is C19H32N4O2. The van der Waals surface area contributed by atoms with Gasteiger partial charge in [0.2, 0.25) is 5.91 Å². The molecule has 1 aromatic carbocycles. The lowest BCUT2D eigenvalue weighted by molar-refractivity contribution is -0.119. The van der Waals surface area contributed by atoms with E-state index < -0.39 is 0 Å². The summed E-state index contributed by atoms with van der Waals surface area (Å²) < 4.78 is 5.12. The normalized spacial score (nSPS) is 11.3. The molecule has 140 valence electrons. The molecule has 0 aliphatic heterocycles. The van der Waals surface area contributed by atoms with Gasteiger partial charge in [-0.3, -0.25) is 4.79 Å². The van der Waals surface area contributed by atoms with E-state index in [0.717, 1.165) is 37.2 Å². The highest BCUT2D eigenvalue weighted by Gasteiger charge is 2.06. The van der Waals surface area contributed by atoms with Crippen molar-refractivity contribution in [2.45, 2.75) is 40.2 Å². The predicted molar refractivity (Wildman–Crippen MR) is 103 cm³/mol. The third-order valence-electron chi connectivity index (χ3n) is 4.09. The van der Waals surface area contributed by atoms with Crippen LogP contribution in [0, 0.1) is 5.92 Å². The minimum atomic E-state index is -0.101. The van der Waals surface area contributed by atoms with Gasteiger partial charge in [-0.05, 0) is 30.5 Å². The Morgan fingerprint density at radius 3 is 2.32 bits per heavy atom. The lowest BCUT2D eigenvalue weighted by atomic mass is 10.0. The highest BCUT2D eigenvalue weighted by molar-refractivity contribution is 5.84. The fraction of sp³-hybridized carbons (Fsp3) is 0.579. The molecular weight excluding hydrogens is 316 g/mol. The number of amides is 1. The largest absolute Gasteiger partial charge is 0.497 e. The summed E-state index contributed by atoms with van der Waals surface area (Å²) in [6.07, 6.45) is 2.26. The first kappa shape index (κ1) is 20.8. The van der Waals surface area contributed by atoms with Crippen LogP contribution in [-0.4, -0.2) is 38.6 Å². The predicted octanol–water partition coefficient (Wildman–Crippen LogP) is 2.30. The number of nitrogens with zero attached hydrogens (tertiary/aromatic N) is 1. The zero-order valence-electron chi connectivity index (χ0n) is 15.9. The number of guanidine groups is 1. The molecule has 0 unspecified atom stereocenters. The van der Waals surface area contributed by atoms with Crippen molar-refractivity contribution >= 4 is 11.9 Å². The molecule has 1 amide bonds. The van der Waals surface area contributed by atoms with Gasteiger partial charge in [0.05, 0.1) is 7.11 Å². The summed E-state index contributed by atoms with van der Waals surface area (Å²) in [4.78, 5) is 16.4. The Bertz CT molecular complexity index is 525. The van der Waals surface area contributed by atoms with E-state index in [1.165, 1.54) is 0 Å². The molecule has 0 saturated carbocycles. The molecule has 3 N–H and O–H groups in total. The minimum absolute atomic E-state index is 0.101. The number of rotatable bonds is 10. The van der Waals surface area contributed by atoms with Crippen molar-refractivity contribution in [3.05, 3.63) is 29.8 Å². The Morgan fingerprint density at radius 1 is 1.08 bits per heavy atom. The van der Waals surface area contributed by atoms with Crippen molar-refractivity contribution in [1.82, 2.24) is 16.0 Å². The number of hydrogen-bond donors (Lipinski definition) is 3. The van der Waals surface area contributed by atoms with E-state index in [9.17, 15) is 4.79 Å². The van der Waals surface area contributed by atoms with Crippen molar-refractivity contribution in [1.29, 1.82) is 0 Å². The van der Waals surface area contributed by atoms with Crippen LogP contribution in [0.5, 0.6) is 5.75 Å². The monoisotopic (exact) mass is 348 g/mol. The van der Waals surface area contributed by atoms with Gasteiger partial charge in [-0.25, -0.2) is 4.99 Å². The molecule has 0 atom stereocenters. The van der Waals surface area contributed by atoms with Gasteiger partial charge >= 0.3 is 0 Å². The van der Waals surface area contributed by atoms with Crippen LogP contribution < -0.4 is 20.7 Å². The molecule has 0 saturated heterocycles. The number of carbonyl (C=O) groups excluding carboxylic acids is 1. The first-order valence-corrected chi connectivity index (χ1v) is 9.04. The van der Waals surface area contributed by atoms with E-state index in [1.807, 2.05) is 31.2 Å². The quantitative estimate of drug-likeness (QED) is 0.448. The van der Waals surface area contributed by atoms with Gasteiger partial charge in [-0.15, -0.1) is 0 Å². The summed E-state index contributed by atoms with van der Waals surface area (Å²) in [5.41, 5.74) is 1.02. The third kappa shape index (κ3) is 8.42. The number of nitrogens with one attached hydrogen (secondary N) is 3. The van der Waals surface area contributed by atoms with Crippen LogP contribution in [0.25, 0.3) is 0 Å². The summed E-state index contributed by atoms with van der Waals surface area (Å²) in [5.74, 6) is 2.01. The van der Waals surface area contributed by atoms with Crippen LogP contribution in [0.2, 0.25) is 0 Å². The standard InChI is InChI=1S/C19H32N4O2/c1-5-15(6-2)12-22-19(20-7-3)23-14-18(24)21-13-16-8-10-17(25-4)11-9-16/h8-11,15H,5-7,12-14H2,1-4H3,(H,21,24)(H2,20,22,23). The minimum Gasteiger partial charge on any atom is -0.497 e. The highest BCUT2D eigenvalue weighted by Crippen LogP contribution is 2.10. The zero-order valence-corrected chi connectivity index (χ0v) is 15.9. The first-order valence-electron chi connectivity index (χ1n) is 9.04. The molecule has 0 heterocycles. The molecule has 0 radical (unpaired) electrons. The van der Waals surface area contributed by atoms with Crippen molar-refractivity contribution in [2.75, 3.05) is 26.7 Å². The van der Waals surface area contributed by atoms with Gasteiger partial charge in [-0.1, -0.05) is 38.8 Å². The second-order valence-corrected chi connectivity index (χ2v) is 5.88. The Labute approximate surface area is 151 Å². The van der Waals surface area contributed by atoms with Gasteiger partial charge < -0.3 is 20.7 Å². The van der Waals surface area contributed by atoms with E-state index in [4.69, 9.17) is 4.74 Å². The summed E-state index contributed by atoms with van der Waals surface area (Å²) >= 11 is 0. The van der Waals surface area contributed by atoms with Gasteiger partial charge in [0.1, 0.15) is 12.3 Å². The maximum atomic E-state index is 12.0. The van der Waals surface area contributed by atoms with Crippen LogP contribution in [-0.2, 0) is 11.3 Å². The van der Waals surface area contributed by atoms with E-state index in [0.29, 0.717) is 18.4 Å². The Morgan fingerprint density at radius 2 is 1.76 bits per heavy atom. The summed E-state index contributed by atoms with van der Waals surface area (Å²) in [5, 5.41) is 9.36. The van der Waals surface area contributed by atoms with E-state index in [2.05, 4.69) is 34.8 Å². The highest BCUT2D eigenvalue weighted by atomic mass is 16.5. The molecule has 0 spiro atoms. The molecule has 25 heavy (non-hydrogen) atoms. The molecule has 0 bridgehead atoms. The van der Waals surface area contributed by atoms with Crippen LogP contribution in [0.3, 0.4) is 0 Å². The van der Waals surface area contributed by atoms with Gasteiger partial charge in [0.25, 0.3) is 0 Å². The Kier molecular flexibility index (Phi) is 10.1. The number of methoxy groups -OCH3 is 1. The lowest BCUT2D eigenvalue weighted by Gasteiger charge is -2.16. The van der Waals surface area contributed by atoms with Crippen LogP contribution in [0.4, 0.5) is 0 Å². The van der Waals surface area contributed by atoms with Crippen LogP contribution in [0.1, 0.15) is 39.2 Å². The zero-order chi connectivity index (χ0) is 18.5. The van der Waals surface area contributed by atoms with Gasteiger partial charge in [0, 0.05) is 19.6 Å². The molecule has 0 aliphatic rings. The topological polar surface area (TPSA) is 74.8 Å². The second kappa shape index (κ2) is 12.2. The van der Waals surface area contributed by atoms with E-state index in [1.54, 1.807) is 7.11 Å². The van der Waals surface area contributed by atoms with Crippen molar-refractivity contribution in [3.63, 3.8) is 0 Å². The summed E-state index contributed by atoms with van der Waals surface area (Å²) in [6.45, 7) is 8.61. The second-order valence-electron chi connectivity index (χ2n) is 5.88. The van der Waals surface area contributed by atoms with E-state index >= 15 is 0 Å². The van der Waals surface area contributed by atoms with Crippen molar-refractivity contribution in [2.24, 2.45) is 10.9 Å². The Hall–Kier alpha value is -2.24. The molecule has 6 heteroatoms. The van der Waals surface area contributed by atoms with Gasteiger partial charge in [0.15, 0.2) is 5.96 Å². The number of aliphatic imine (C=N–C) groups is 1. The average molecular weight is 348 g/mol. The molecule has 0 aromatic heterocycles. The maximum absolute atomic E-state index is 12.0. The summed E-state index contributed by atoms with van der Waals surface area (Å²) in [7, 11) is 1.63. The number of ether oxygens (including phenoxy) is 1. The van der Waals surface area contributed by atoms with Crippen molar-refractivity contribution in [3.8, 4) is 5.75 Å². The average Bonchev–Trinajstić information content (AvgIpc) is 2.65. The number of benzene rings is 1. The molecule has 6 nitrogen and oxygen atoms in total. The molecule has 0 aliphatic carbocycles. The van der Waals surface area contributed by atoms with E-state index in [-0.39, 0.29) is 12.5 Å². The maximum Gasteiger partial charge on any atom is 0.242 e. The smallest absolute Gasteiger partial charge is 0.242 e. The third-order valence-corrected chi connectivity index (χ3v) is 4.09. The first-order chi connectivity index (χ1) is 12.1. The lowest BCUT2D eigenvalue weighted by Crippen LogP contribution is -2.40. The number of hydrogen-bond acceptors (Lipinski definition) is 3. The fourth-order valence-corrected chi connectivity index (χ4v) is 2.31. The van der Waals surface area contributed by atoms with Gasteiger partial charge in [-0.2, -0.15) is 0 Å². The molecule has 1 aromatic rings. The number of carbonyl (C=O) groups is 1. The van der Waals surface area contributed by atoms with Crippen LogP contribution in [0.15, 0.2) is 29.3 Å². The molecule has 0 fully saturated rings. The van der Waals surface area contributed by atoms with Crippen LogP contribution >= 0.6 is 0 Å². The molecule has 1 rings (SSSR count). The SMILES string of the molecule is CCNC(=NCC(=O)NCc1ccc(OC)cc1)NCC(CC)CC. The fourth-order valence-electron chi connectivity index (χ4n) is 2.31. The van der Waals surface area contributed by atoms with Crippen molar-refractivity contribution < 1.29 is 9.53 Å². The summed E-state index contributed by atoms with van der Waals surface area (Å²) in [6, 6.07) is 7.63.